The first-order valence-corrected chi connectivity index (χ1v) is 8.89. The summed E-state index contributed by atoms with van der Waals surface area (Å²) in [6.45, 7) is 0.395. The van der Waals surface area contributed by atoms with E-state index >= 15 is 0 Å². The van der Waals surface area contributed by atoms with E-state index in [1.54, 1.807) is 24.3 Å². The zero-order chi connectivity index (χ0) is 17.6. The van der Waals surface area contributed by atoms with Gasteiger partial charge in [-0.25, -0.2) is 4.98 Å². The number of anilines is 3. The third-order valence-electron chi connectivity index (χ3n) is 3.52. The van der Waals surface area contributed by atoms with Crippen molar-refractivity contribution in [1.29, 1.82) is 0 Å². The zero-order valence-electron chi connectivity index (χ0n) is 13.3. The molecule has 1 aliphatic rings. The van der Waals surface area contributed by atoms with Crippen LogP contribution in [-0.2, 0) is 15.1 Å². The molecule has 1 aromatic carbocycles. The van der Waals surface area contributed by atoms with Crippen LogP contribution in [0.25, 0.3) is 0 Å². The number of hydrogen-bond acceptors (Lipinski definition) is 9. The fraction of sp³-hybridized carbons (Fsp3) is 0.333. The van der Waals surface area contributed by atoms with Crippen LogP contribution in [0.5, 0.6) is 0 Å². The zero-order valence-corrected chi connectivity index (χ0v) is 14.2. The molecule has 1 heterocycles. The number of nitrogens with one attached hydrogen (secondary N) is 3. The smallest absolute Gasteiger partial charge is 0.225 e. The van der Waals surface area contributed by atoms with Gasteiger partial charge in [0.05, 0.1) is 18.0 Å². The Morgan fingerprint density at radius 2 is 1.96 bits per heavy atom. The number of nitrogens with zero attached hydrogens (tertiary/aromatic N) is 3. The second-order valence-corrected chi connectivity index (χ2v) is 6.19. The summed E-state index contributed by atoms with van der Waals surface area (Å²) in [7, 11) is -2.22. The number of aromatic nitrogens is 2. The fourth-order valence-corrected chi connectivity index (χ4v) is 2.50. The molecule has 0 radical (unpaired) electrons. The van der Waals surface area contributed by atoms with Crippen molar-refractivity contribution in [2.75, 3.05) is 29.3 Å². The lowest BCUT2D eigenvalue weighted by molar-refractivity contribution is 0.311. The van der Waals surface area contributed by atoms with E-state index in [4.69, 9.17) is 9.66 Å². The van der Waals surface area contributed by atoms with E-state index in [1.165, 1.54) is 0 Å². The van der Waals surface area contributed by atoms with Crippen LogP contribution < -0.4 is 16.2 Å². The molecule has 0 unspecified atom stereocenters. The van der Waals surface area contributed by atoms with Crippen LogP contribution in [0.15, 0.2) is 34.7 Å². The molecule has 0 bridgehead atoms. The van der Waals surface area contributed by atoms with E-state index < -0.39 is 10.9 Å². The Kier molecular flexibility index (Phi) is 5.64. The molecule has 3 rings (SSSR count). The van der Waals surface area contributed by atoms with Gasteiger partial charge in [-0.1, -0.05) is 10.9 Å². The van der Waals surface area contributed by atoms with Gasteiger partial charge in [0.2, 0.25) is 5.95 Å². The number of aliphatic hydroxyl groups excluding tert-OH is 1. The van der Waals surface area contributed by atoms with Crippen molar-refractivity contribution in [3.05, 3.63) is 36.0 Å². The molecule has 25 heavy (non-hydrogen) atoms. The lowest BCUT2D eigenvalue weighted by Gasteiger charge is -2.12. The number of aliphatic hydroxyl groups is 1. The topological polar surface area (TPSA) is 132 Å². The van der Waals surface area contributed by atoms with Crippen LogP contribution in [-0.4, -0.2) is 32.8 Å². The van der Waals surface area contributed by atoms with Crippen LogP contribution in [0.4, 0.5) is 23.1 Å². The van der Waals surface area contributed by atoms with Crippen LogP contribution in [0.2, 0.25) is 0 Å². The van der Waals surface area contributed by atoms with Gasteiger partial charge in [0.25, 0.3) is 0 Å². The first kappa shape index (κ1) is 17.4. The second kappa shape index (κ2) is 8.10. The fourth-order valence-electron chi connectivity index (χ4n) is 2.20. The molecule has 0 saturated heterocycles. The van der Waals surface area contributed by atoms with Gasteiger partial charge in [-0.2, -0.15) is 4.98 Å². The Hall–Kier alpha value is -2.43. The summed E-state index contributed by atoms with van der Waals surface area (Å²) >= 11 is 0. The highest BCUT2D eigenvalue weighted by Gasteiger charge is 2.26. The summed E-state index contributed by atoms with van der Waals surface area (Å²) < 4.78 is 22.9. The van der Waals surface area contributed by atoms with Crippen molar-refractivity contribution in [1.82, 2.24) is 9.97 Å². The van der Waals surface area contributed by atoms with E-state index in [0.717, 1.165) is 24.2 Å². The molecule has 1 aromatic heterocycles. The lowest BCUT2D eigenvalue weighted by Crippen LogP contribution is -2.14. The average molecular weight is 363 g/mol. The summed E-state index contributed by atoms with van der Waals surface area (Å²) in [6.07, 6.45) is 2.25. The van der Waals surface area contributed by atoms with Crippen LogP contribution in [0.3, 0.4) is 0 Å². The van der Waals surface area contributed by atoms with Crippen molar-refractivity contribution in [3.63, 3.8) is 0 Å². The standard InChI is InChI=1S/C15H19N6O3S/c22-8-7-16-15-17-13(10-1-2-10)9-14(18-15)20-19-11-3-5-12(6-4-11)21-25(23)24/h3-6,9-10,19,22H,1-2,7-8H2,(H,21,23,24)(H2,16,17,18,20)/q-1. The maximum Gasteiger partial charge on any atom is 0.225 e. The number of hydrazine groups is 1. The summed E-state index contributed by atoms with van der Waals surface area (Å²) in [5, 5.41) is 11.9. The summed E-state index contributed by atoms with van der Waals surface area (Å²) in [6, 6.07) is 8.61. The largest absolute Gasteiger partial charge is 0.454 e. The monoisotopic (exact) mass is 363 g/mol. The van der Waals surface area contributed by atoms with E-state index in [-0.39, 0.29) is 6.61 Å². The molecule has 134 valence electrons. The molecule has 0 amide bonds. The Bertz CT molecular complexity index is 803. The molecule has 2 aromatic rings. The molecule has 0 aliphatic heterocycles. The van der Waals surface area contributed by atoms with Gasteiger partial charge in [0, 0.05) is 24.2 Å². The third-order valence-corrected chi connectivity index (χ3v) is 3.89. The molecular formula is C15H19N6O3S-. The predicted molar refractivity (Wildman–Crippen MR) is 96.0 cm³/mol. The van der Waals surface area contributed by atoms with Gasteiger partial charge in [-0.3, -0.25) is 10.9 Å². The van der Waals surface area contributed by atoms with E-state index in [9.17, 15) is 4.21 Å². The highest BCUT2D eigenvalue weighted by Crippen LogP contribution is 2.39. The van der Waals surface area contributed by atoms with Crippen molar-refractivity contribution in [3.8, 4) is 0 Å². The minimum absolute atomic E-state index is 0.00799. The predicted octanol–water partition coefficient (Wildman–Crippen LogP) is 2.45. The highest BCUT2D eigenvalue weighted by molar-refractivity contribution is 7.68. The molecule has 10 heteroatoms. The number of benzene rings is 1. The first-order chi connectivity index (χ1) is 12.1. The van der Waals surface area contributed by atoms with Gasteiger partial charge in [-0.05, 0) is 37.1 Å². The van der Waals surface area contributed by atoms with Crippen molar-refractivity contribution in [2.24, 2.45) is 4.36 Å². The molecule has 0 atom stereocenters. The van der Waals surface area contributed by atoms with Crippen molar-refractivity contribution >= 4 is 34.0 Å². The van der Waals surface area contributed by atoms with Gasteiger partial charge in [0.15, 0.2) is 0 Å². The van der Waals surface area contributed by atoms with E-state index in [1.807, 2.05) is 6.07 Å². The molecule has 9 nitrogen and oxygen atoms in total. The van der Waals surface area contributed by atoms with Crippen molar-refractivity contribution in [2.45, 2.75) is 18.8 Å². The molecule has 1 saturated carbocycles. The van der Waals surface area contributed by atoms with Crippen LogP contribution >= 0.6 is 0 Å². The molecule has 1 fully saturated rings. The van der Waals surface area contributed by atoms with E-state index in [2.05, 4.69) is 30.5 Å². The highest BCUT2D eigenvalue weighted by atomic mass is 32.2. The van der Waals surface area contributed by atoms with Gasteiger partial charge >= 0.3 is 0 Å². The average Bonchev–Trinajstić information content (AvgIpc) is 3.44. The Labute approximate surface area is 146 Å². The van der Waals surface area contributed by atoms with Crippen LogP contribution in [0, 0.1) is 0 Å². The summed E-state index contributed by atoms with van der Waals surface area (Å²) in [5.74, 6) is 1.56. The van der Waals surface area contributed by atoms with E-state index in [0.29, 0.717) is 29.9 Å². The molecule has 5 N–H and O–H groups in total. The van der Waals surface area contributed by atoms with Gasteiger partial charge in [0.1, 0.15) is 5.82 Å². The number of rotatable bonds is 8. The van der Waals surface area contributed by atoms with Crippen LogP contribution in [0.1, 0.15) is 24.5 Å². The molecule has 0 spiro atoms. The lowest BCUT2D eigenvalue weighted by atomic mass is 10.3. The minimum atomic E-state index is -2.22. The Balaban J connectivity index is 1.68. The Morgan fingerprint density at radius 3 is 2.60 bits per heavy atom. The minimum Gasteiger partial charge on any atom is -0.454 e. The number of hydrogen-bond donors (Lipinski definition) is 5. The first-order valence-electron chi connectivity index (χ1n) is 7.82. The normalized spacial score (nSPS) is 15.0. The third kappa shape index (κ3) is 5.28. The second-order valence-electron chi connectivity index (χ2n) is 5.55. The maximum absolute atomic E-state index is 10.6. The van der Waals surface area contributed by atoms with Gasteiger partial charge in [-0.15, -0.1) is 0 Å². The Morgan fingerprint density at radius 1 is 1.20 bits per heavy atom. The van der Waals surface area contributed by atoms with Gasteiger partial charge < -0.3 is 23.5 Å². The molecular weight excluding hydrogens is 344 g/mol. The summed E-state index contributed by atoms with van der Waals surface area (Å²) in [4.78, 5) is 8.82. The van der Waals surface area contributed by atoms with Crippen molar-refractivity contribution < 1.29 is 13.9 Å². The quantitative estimate of drug-likeness (QED) is 0.274. The maximum atomic E-state index is 10.6. The SMILES string of the molecule is O=[S-](O)=Nc1ccc(NNc2cc(C3CC3)nc(NCCO)n2)cc1. The molecule has 1 aliphatic carbocycles. The summed E-state index contributed by atoms with van der Waals surface area (Å²) in [5.41, 5.74) is 8.17.